The van der Waals surface area contributed by atoms with E-state index in [1.165, 1.54) is 0 Å². The molecule has 6 heteroatoms. The van der Waals surface area contributed by atoms with E-state index >= 15 is 0 Å². The van der Waals surface area contributed by atoms with Crippen molar-refractivity contribution in [2.24, 2.45) is 9.98 Å². The molecule has 8 aromatic carbocycles. The Morgan fingerprint density at radius 2 is 0.930 bits per heavy atom. The summed E-state index contributed by atoms with van der Waals surface area (Å²) in [5.74, 6) is 1.44. The Kier molecular flexibility index (Phi) is 6.89. The second kappa shape index (κ2) is 12.4. The highest BCUT2D eigenvalue weighted by atomic mass is 16.3. The molecule has 1 unspecified atom stereocenters. The fourth-order valence-corrected chi connectivity index (χ4v) is 8.49. The third-order valence-corrected chi connectivity index (χ3v) is 11.2. The largest absolute Gasteiger partial charge is 0.456 e. The van der Waals surface area contributed by atoms with E-state index in [-0.39, 0.29) is 0 Å². The van der Waals surface area contributed by atoms with Crippen LogP contribution in [0.2, 0.25) is 0 Å². The molecule has 0 amide bonds. The first-order valence-electron chi connectivity index (χ1n) is 19.1. The van der Waals surface area contributed by atoms with Crippen molar-refractivity contribution in [1.29, 1.82) is 0 Å². The Morgan fingerprint density at radius 1 is 0.368 bits per heavy atom. The van der Waals surface area contributed by atoms with Gasteiger partial charge in [-0.1, -0.05) is 140 Å². The van der Waals surface area contributed by atoms with Gasteiger partial charge in [-0.05, 0) is 53.1 Å². The fraction of sp³-hybridized carbons (Fsp3) is 0.0196. The Hall–Kier alpha value is -7.70. The number of furan rings is 3. The van der Waals surface area contributed by atoms with Gasteiger partial charge in [-0.15, -0.1) is 0 Å². The van der Waals surface area contributed by atoms with Crippen molar-refractivity contribution in [3.63, 3.8) is 0 Å². The monoisotopic (exact) mass is 733 g/mol. The molecule has 4 heterocycles. The van der Waals surface area contributed by atoms with Crippen LogP contribution < -0.4 is 5.32 Å². The van der Waals surface area contributed by atoms with Gasteiger partial charge in [0.05, 0.1) is 0 Å². The minimum atomic E-state index is -0.584. The summed E-state index contributed by atoms with van der Waals surface area (Å²) < 4.78 is 19.4. The van der Waals surface area contributed by atoms with Crippen molar-refractivity contribution in [3.8, 4) is 22.3 Å². The molecular formula is C51H31N3O3. The normalized spacial score (nSPS) is 14.5. The van der Waals surface area contributed by atoms with Crippen LogP contribution in [0, 0.1) is 0 Å². The summed E-state index contributed by atoms with van der Waals surface area (Å²) in [6.07, 6.45) is -0.584. The van der Waals surface area contributed by atoms with Crippen LogP contribution >= 0.6 is 0 Å². The van der Waals surface area contributed by atoms with E-state index in [4.69, 9.17) is 23.2 Å². The molecule has 0 radical (unpaired) electrons. The van der Waals surface area contributed by atoms with Crippen LogP contribution in [0.3, 0.4) is 0 Å². The van der Waals surface area contributed by atoms with E-state index in [0.717, 1.165) is 111 Å². The first-order chi connectivity index (χ1) is 28.2. The van der Waals surface area contributed by atoms with Crippen molar-refractivity contribution in [3.05, 3.63) is 193 Å². The maximum Gasteiger partial charge on any atom is 0.170 e. The molecule has 1 N–H and O–H groups in total. The lowest BCUT2D eigenvalue weighted by Crippen LogP contribution is -2.36. The number of fused-ring (bicyclic) bond motifs is 9. The van der Waals surface area contributed by atoms with Crippen LogP contribution in [0.15, 0.2) is 199 Å². The van der Waals surface area contributed by atoms with Gasteiger partial charge >= 0.3 is 0 Å². The summed E-state index contributed by atoms with van der Waals surface area (Å²) in [6.45, 7) is 0. The van der Waals surface area contributed by atoms with Gasteiger partial charge in [0.25, 0.3) is 0 Å². The van der Waals surface area contributed by atoms with Crippen molar-refractivity contribution in [1.82, 2.24) is 5.32 Å². The molecule has 1 aliphatic rings. The maximum atomic E-state index is 6.81. The highest BCUT2D eigenvalue weighted by Crippen LogP contribution is 2.45. The fourth-order valence-electron chi connectivity index (χ4n) is 8.49. The zero-order chi connectivity index (χ0) is 37.5. The number of hydrogen-bond acceptors (Lipinski definition) is 6. The SMILES string of the molecule is c1ccc(-c2ccc(C3=NC(c4ccc(-c5cccc6oc7ccccc7c56)c5oc6ccccc6c45)N=C(c4ccc5c(c4)oc4ccccc45)N3)cc2)cc1. The Morgan fingerprint density at radius 3 is 1.72 bits per heavy atom. The van der Waals surface area contributed by atoms with Gasteiger partial charge in [-0.2, -0.15) is 0 Å². The van der Waals surface area contributed by atoms with Gasteiger partial charge in [0, 0.05) is 54.6 Å². The van der Waals surface area contributed by atoms with Gasteiger partial charge in [0.1, 0.15) is 45.2 Å². The molecular weight excluding hydrogens is 703 g/mol. The molecule has 0 bridgehead atoms. The highest BCUT2D eigenvalue weighted by Gasteiger charge is 2.27. The zero-order valence-corrected chi connectivity index (χ0v) is 30.4. The van der Waals surface area contributed by atoms with E-state index in [1.807, 2.05) is 60.7 Å². The second-order valence-electron chi connectivity index (χ2n) is 14.5. The molecule has 0 saturated heterocycles. The topological polar surface area (TPSA) is 76.2 Å². The second-order valence-corrected chi connectivity index (χ2v) is 14.5. The summed E-state index contributed by atoms with van der Waals surface area (Å²) in [7, 11) is 0. The molecule has 0 saturated carbocycles. The van der Waals surface area contributed by atoms with Crippen molar-refractivity contribution < 1.29 is 13.3 Å². The van der Waals surface area contributed by atoms with Crippen molar-refractivity contribution >= 4 is 77.5 Å². The third-order valence-electron chi connectivity index (χ3n) is 11.2. The highest BCUT2D eigenvalue weighted by molar-refractivity contribution is 6.20. The molecule has 12 rings (SSSR count). The Bertz CT molecular complexity index is 3440. The maximum absolute atomic E-state index is 6.81. The predicted octanol–water partition coefficient (Wildman–Crippen LogP) is 13.2. The predicted molar refractivity (Wildman–Crippen MR) is 231 cm³/mol. The minimum absolute atomic E-state index is 0.584. The quantitative estimate of drug-likeness (QED) is 0.191. The Labute approximate surface area is 326 Å². The van der Waals surface area contributed by atoms with Crippen LogP contribution in [-0.4, -0.2) is 11.7 Å². The van der Waals surface area contributed by atoms with Gasteiger partial charge in [0.2, 0.25) is 0 Å². The van der Waals surface area contributed by atoms with Gasteiger partial charge in [-0.25, -0.2) is 9.98 Å². The summed E-state index contributed by atoms with van der Waals surface area (Å²) >= 11 is 0. The van der Waals surface area contributed by atoms with E-state index in [9.17, 15) is 0 Å². The molecule has 6 nitrogen and oxygen atoms in total. The van der Waals surface area contributed by atoms with E-state index in [1.54, 1.807) is 0 Å². The number of benzene rings is 8. The number of amidine groups is 2. The summed E-state index contributed by atoms with van der Waals surface area (Å²) in [5, 5.41) is 9.89. The van der Waals surface area contributed by atoms with E-state index in [0.29, 0.717) is 5.84 Å². The van der Waals surface area contributed by atoms with Crippen molar-refractivity contribution in [2.75, 3.05) is 0 Å². The molecule has 0 fully saturated rings. The first kappa shape index (κ1) is 31.6. The molecule has 268 valence electrons. The first-order valence-corrected chi connectivity index (χ1v) is 19.1. The molecule has 1 atom stereocenters. The van der Waals surface area contributed by atoms with Crippen molar-refractivity contribution in [2.45, 2.75) is 6.17 Å². The van der Waals surface area contributed by atoms with Crippen LogP contribution in [0.4, 0.5) is 0 Å². The zero-order valence-electron chi connectivity index (χ0n) is 30.4. The number of nitrogens with one attached hydrogen (secondary N) is 1. The number of hydrogen-bond donors (Lipinski definition) is 1. The van der Waals surface area contributed by atoms with E-state index < -0.39 is 6.17 Å². The molecule has 11 aromatic rings. The van der Waals surface area contributed by atoms with E-state index in [2.05, 4.69) is 121 Å². The average molecular weight is 734 g/mol. The standard InChI is InChI=1S/C51H31N3O3/c1-2-11-30(12-3-1)31-21-23-32(24-22-31)49-52-50(33-25-26-35-34-13-4-7-17-41(34)56-45(35)29-33)54-51(53-49)40-28-27-37(48-47(40)39-15-6-9-19-43(39)57-48)36-16-10-20-44-46(36)38-14-5-8-18-42(38)55-44/h1-29,51H,(H,52,53,54). The number of para-hydroxylation sites is 3. The van der Waals surface area contributed by atoms with Crippen LogP contribution in [-0.2, 0) is 0 Å². The van der Waals surface area contributed by atoms with Crippen LogP contribution in [0.5, 0.6) is 0 Å². The summed E-state index contributed by atoms with van der Waals surface area (Å²) in [4.78, 5) is 10.7. The lowest BCUT2D eigenvalue weighted by molar-refractivity contribution is 0.668. The molecule has 57 heavy (non-hydrogen) atoms. The smallest absolute Gasteiger partial charge is 0.170 e. The lowest BCUT2D eigenvalue weighted by atomic mass is 9.94. The number of aliphatic imine (C=N–C) groups is 2. The number of rotatable bonds is 5. The molecule has 0 aliphatic carbocycles. The molecule has 0 spiro atoms. The van der Waals surface area contributed by atoms with Gasteiger partial charge in [0.15, 0.2) is 6.17 Å². The average Bonchev–Trinajstić information content (AvgIpc) is 3.98. The molecule has 3 aromatic heterocycles. The lowest BCUT2D eigenvalue weighted by Gasteiger charge is -2.23. The van der Waals surface area contributed by atoms with Gasteiger partial charge in [-0.3, -0.25) is 0 Å². The summed E-state index contributed by atoms with van der Waals surface area (Å²) in [5.41, 5.74) is 12.1. The van der Waals surface area contributed by atoms with Gasteiger partial charge < -0.3 is 18.6 Å². The Balaban J connectivity index is 1.06. The van der Waals surface area contributed by atoms with Crippen LogP contribution in [0.25, 0.3) is 88.1 Å². The third kappa shape index (κ3) is 5.04. The summed E-state index contributed by atoms with van der Waals surface area (Å²) in [6, 6.07) is 60.3. The van der Waals surface area contributed by atoms with Crippen LogP contribution in [0.1, 0.15) is 22.9 Å². The minimum Gasteiger partial charge on any atom is -0.456 e. The molecule has 1 aliphatic heterocycles. The number of nitrogens with zero attached hydrogens (tertiary/aromatic N) is 2.